The lowest BCUT2D eigenvalue weighted by molar-refractivity contribution is -0.144. The van der Waals surface area contributed by atoms with Crippen molar-refractivity contribution < 1.29 is 23.8 Å². The normalized spacial score (nSPS) is 16.5. The van der Waals surface area contributed by atoms with E-state index < -0.39 is 11.7 Å². The molecule has 1 aliphatic rings. The number of carbonyl (C=O) groups is 2. The van der Waals surface area contributed by atoms with Gasteiger partial charge in [-0.05, 0) is 82.6 Å². The van der Waals surface area contributed by atoms with Crippen molar-refractivity contribution in [3.8, 4) is 5.75 Å². The summed E-state index contributed by atoms with van der Waals surface area (Å²) < 4.78 is 16.1. The average Bonchev–Trinajstić information content (AvgIpc) is 2.78. The standard InChI is InChI=1S/C22H33NO5/c1-5-26-20(24)14-16-7-6-8-17-15-19(10-9-18(17)13-16)27-12-11-23-21(25)28-22(2,3)4/h9-10,15-16H,5-8,11-14H2,1-4H3,(H,23,25). The number of ether oxygens (including phenoxy) is 3. The van der Waals surface area contributed by atoms with Gasteiger partial charge in [0.05, 0.1) is 13.2 Å². The Morgan fingerprint density at radius 1 is 1.21 bits per heavy atom. The topological polar surface area (TPSA) is 73.9 Å². The van der Waals surface area contributed by atoms with Gasteiger partial charge in [-0.15, -0.1) is 0 Å². The molecule has 2 rings (SSSR count). The second-order valence-corrected chi connectivity index (χ2v) is 8.18. The highest BCUT2D eigenvalue weighted by Gasteiger charge is 2.20. The number of fused-ring (bicyclic) bond motifs is 1. The first-order valence-electron chi connectivity index (χ1n) is 10.1. The SMILES string of the molecule is CCOC(=O)CC1CCCc2cc(OCCNC(=O)OC(C)(C)C)ccc2C1. The molecule has 0 saturated heterocycles. The Kier molecular flexibility index (Phi) is 8.15. The monoisotopic (exact) mass is 391 g/mol. The zero-order valence-corrected chi connectivity index (χ0v) is 17.5. The van der Waals surface area contributed by atoms with Gasteiger partial charge in [0.15, 0.2) is 0 Å². The number of alkyl carbamates (subject to hydrolysis) is 1. The van der Waals surface area contributed by atoms with E-state index in [4.69, 9.17) is 14.2 Å². The van der Waals surface area contributed by atoms with Gasteiger partial charge in [-0.25, -0.2) is 4.79 Å². The van der Waals surface area contributed by atoms with Gasteiger partial charge in [-0.2, -0.15) is 0 Å². The van der Waals surface area contributed by atoms with Gasteiger partial charge in [-0.1, -0.05) is 6.07 Å². The Morgan fingerprint density at radius 2 is 2.00 bits per heavy atom. The van der Waals surface area contributed by atoms with Crippen molar-refractivity contribution >= 4 is 12.1 Å². The molecule has 0 aliphatic heterocycles. The lowest BCUT2D eigenvalue weighted by Crippen LogP contribution is -2.34. The van der Waals surface area contributed by atoms with E-state index in [2.05, 4.69) is 17.4 Å². The molecule has 1 N–H and O–H groups in total. The fourth-order valence-corrected chi connectivity index (χ4v) is 3.38. The molecule has 1 atom stereocenters. The van der Waals surface area contributed by atoms with Crippen molar-refractivity contribution in [3.05, 3.63) is 29.3 Å². The van der Waals surface area contributed by atoms with E-state index >= 15 is 0 Å². The van der Waals surface area contributed by atoms with E-state index in [0.29, 0.717) is 32.1 Å². The molecule has 0 aromatic heterocycles. The maximum atomic E-state index is 11.8. The third-order valence-corrected chi connectivity index (χ3v) is 4.54. The molecule has 1 unspecified atom stereocenters. The van der Waals surface area contributed by atoms with Crippen LogP contribution in [0.3, 0.4) is 0 Å². The van der Waals surface area contributed by atoms with E-state index in [1.807, 2.05) is 33.8 Å². The largest absolute Gasteiger partial charge is 0.492 e. The number of amides is 1. The van der Waals surface area contributed by atoms with Crippen LogP contribution in [0.5, 0.6) is 5.75 Å². The number of nitrogens with one attached hydrogen (secondary N) is 1. The molecule has 1 aromatic rings. The van der Waals surface area contributed by atoms with E-state index in [-0.39, 0.29) is 5.97 Å². The molecule has 1 amide bonds. The van der Waals surface area contributed by atoms with Gasteiger partial charge >= 0.3 is 12.1 Å². The highest BCUT2D eigenvalue weighted by atomic mass is 16.6. The molecule has 0 fully saturated rings. The molecule has 1 aromatic carbocycles. The number of carbonyl (C=O) groups excluding carboxylic acids is 2. The quantitative estimate of drug-likeness (QED) is 0.431. The molecule has 0 saturated carbocycles. The van der Waals surface area contributed by atoms with Crippen LogP contribution in [0.25, 0.3) is 0 Å². The fraction of sp³-hybridized carbons (Fsp3) is 0.636. The van der Waals surface area contributed by atoms with Crippen molar-refractivity contribution in [2.75, 3.05) is 19.8 Å². The van der Waals surface area contributed by atoms with Crippen LogP contribution in [-0.2, 0) is 27.1 Å². The third-order valence-electron chi connectivity index (χ3n) is 4.54. The summed E-state index contributed by atoms with van der Waals surface area (Å²) >= 11 is 0. The van der Waals surface area contributed by atoms with Crippen LogP contribution in [0.2, 0.25) is 0 Å². The minimum Gasteiger partial charge on any atom is -0.492 e. The van der Waals surface area contributed by atoms with Crippen LogP contribution < -0.4 is 10.1 Å². The molecular formula is C22H33NO5. The summed E-state index contributed by atoms with van der Waals surface area (Å²) in [5.74, 6) is 1.03. The predicted octanol–water partition coefficient (Wildman–Crippen LogP) is 4.04. The molecule has 6 nitrogen and oxygen atoms in total. The Morgan fingerprint density at radius 3 is 2.71 bits per heavy atom. The van der Waals surface area contributed by atoms with Crippen LogP contribution >= 0.6 is 0 Å². The number of benzene rings is 1. The summed E-state index contributed by atoms with van der Waals surface area (Å²) in [5, 5.41) is 2.69. The van der Waals surface area contributed by atoms with E-state index in [1.54, 1.807) is 0 Å². The summed E-state index contributed by atoms with van der Waals surface area (Å²) in [5.41, 5.74) is 2.06. The summed E-state index contributed by atoms with van der Waals surface area (Å²) in [6.07, 6.45) is 4.02. The Hall–Kier alpha value is -2.24. The van der Waals surface area contributed by atoms with Gasteiger partial charge in [0.1, 0.15) is 18.0 Å². The van der Waals surface area contributed by atoms with Crippen molar-refractivity contribution in [1.82, 2.24) is 5.32 Å². The van der Waals surface area contributed by atoms with Gasteiger partial charge in [0.25, 0.3) is 0 Å². The maximum absolute atomic E-state index is 11.8. The minimum absolute atomic E-state index is 0.103. The van der Waals surface area contributed by atoms with Crippen molar-refractivity contribution in [3.63, 3.8) is 0 Å². The number of aryl methyl sites for hydroxylation is 1. The summed E-state index contributed by atoms with van der Waals surface area (Å²) in [6.45, 7) is 8.52. The van der Waals surface area contributed by atoms with Crippen LogP contribution in [0.15, 0.2) is 18.2 Å². The molecule has 0 bridgehead atoms. The first-order valence-corrected chi connectivity index (χ1v) is 10.1. The number of hydrogen-bond acceptors (Lipinski definition) is 5. The number of rotatable bonds is 7. The van der Waals surface area contributed by atoms with Crippen LogP contribution in [0, 0.1) is 5.92 Å². The summed E-state index contributed by atoms with van der Waals surface area (Å²) in [6, 6.07) is 6.13. The lowest BCUT2D eigenvalue weighted by atomic mass is 9.94. The number of esters is 1. The molecule has 0 spiro atoms. The molecule has 0 heterocycles. The predicted molar refractivity (Wildman–Crippen MR) is 108 cm³/mol. The average molecular weight is 392 g/mol. The van der Waals surface area contributed by atoms with Crippen LogP contribution in [-0.4, -0.2) is 37.4 Å². The van der Waals surface area contributed by atoms with Crippen LogP contribution in [0.4, 0.5) is 4.79 Å². The maximum Gasteiger partial charge on any atom is 0.407 e. The first kappa shape index (κ1) is 22.1. The highest BCUT2D eigenvalue weighted by molar-refractivity contribution is 5.69. The molecule has 0 radical (unpaired) electrons. The zero-order valence-electron chi connectivity index (χ0n) is 17.5. The van der Waals surface area contributed by atoms with E-state index in [1.165, 1.54) is 11.1 Å². The highest BCUT2D eigenvalue weighted by Crippen LogP contribution is 2.29. The summed E-state index contributed by atoms with van der Waals surface area (Å²) in [7, 11) is 0. The van der Waals surface area contributed by atoms with Crippen molar-refractivity contribution in [1.29, 1.82) is 0 Å². The fourth-order valence-electron chi connectivity index (χ4n) is 3.38. The molecule has 156 valence electrons. The number of hydrogen-bond donors (Lipinski definition) is 1. The minimum atomic E-state index is -0.507. The second kappa shape index (κ2) is 10.3. The third kappa shape index (κ3) is 7.79. The molecular weight excluding hydrogens is 358 g/mol. The van der Waals surface area contributed by atoms with Crippen molar-refractivity contribution in [2.24, 2.45) is 5.92 Å². The summed E-state index contributed by atoms with van der Waals surface area (Å²) in [4.78, 5) is 23.4. The Bertz CT molecular complexity index is 665. The Balaban J connectivity index is 1.82. The lowest BCUT2D eigenvalue weighted by Gasteiger charge is -2.19. The molecule has 1 aliphatic carbocycles. The first-order chi connectivity index (χ1) is 13.3. The van der Waals surface area contributed by atoms with Gasteiger partial charge in [-0.3, -0.25) is 4.79 Å². The van der Waals surface area contributed by atoms with E-state index in [0.717, 1.165) is 31.4 Å². The van der Waals surface area contributed by atoms with Gasteiger partial charge in [0, 0.05) is 6.42 Å². The molecule has 28 heavy (non-hydrogen) atoms. The van der Waals surface area contributed by atoms with E-state index in [9.17, 15) is 9.59 Å². The smallest absolute Gasteiger partial charge is 0.407 e. The second-order valence-electron chi connectivity index (χ2n) is 8.18. The molecule has 6 heteroatoms. The van der Waals surface area contributed by atoms with Crippen molar-refractivity contribution in [2.45, 2.75) is 65.4 Å². The Labute approximate surface area is 167 Å². The van der Waals surface area contributed by atoms with Crippen LogP contribution in [0.1, 0.15) is 58.1 Å². The van der Waals surface area contributed by atoms with Gasteiger partial charge in [0.2, 0.25) is 0 Å². The zero-order chi connectivity index (χ0) is 20.6. The van der Waals surface area contributed by atoms with Gasteiger partial charge < -0.3 is 19.5 Å².